The summed E-state index contributed by atoms with van der Waals surface area (Å²) in [5, 5.41) is 3.04. The van der Waals surface area contributed by atoms with Crippen molar-refractivity contribution in [2.75, 3.05) is 0 Å². The first-order chi connectivity index (χ1) is 7.27. The maximum absolute atomic E-state index is 11.5. The predicted octanol–water partition coefficient (Wildman–Crippen LogP) is 3.05. The van der Waals surface area contributed by atoms with Crippen molar-refractivity contribution in [1.29, 1.82) is 0 Å². The summed E-state index contributed by atoms with van der Waals surface area (Å²) in [5.74, 6) is 0.146. The lowest BCUT2D eigenvalue weighted by Crippen LogP contribution is -2.27. The molecule has 0 unspecified atom stereocenters. The molecule has 1 N–H and O–H groups in total. The van der Waals surface area contributed by atoms with Crippen LogP contribution in [0.15, 0.2) is 30.3 Å². The summed E-state index contributed by atoms with van der Waals surface area (Å²) in [4.78, 5) is 11.5. The topological polar surface area (TPSA) is 29.1 Å². The highest BCUT2D eigenvalue weighted by atomic mass is 16.1. The van der Waals surface area contributed by atoms with Crippen LogP contribution in [0.2, 0.25) is 0 Å². The Labute approximate surface area is 91.7 Å². The molecule has 82 valence electrons. The number of carbonyl (C=O) groups is 1. The minimum absolute atomic E-state index is 0.146. The van der Waals surface area contributed by atoms with Crippen molar-refractivity contribution in [2.45, 2.75) is 39.2 Å². The van der Waals surface area contributed by atoms with Gasteiger partial charge in [-0.3, -0.25) is 4.79 Å². The highest BCUT2D eigenvalue weighted by Crippen LogP contribution is 2.15. The molecule has 1 atom stereocenters. The summed E-state index contributed by atoms with van der Waals surface area (Å²) >= 11 is 0. The summed E-state index contributed by atoms with van der Waals surface area (Å²) in [7, 11) is 0. The Morgan fingerprint density at radius 3 is 2.47 bits per heavy atom. The van der Waals surface area contributed by atoms with Crippen LogP contribution in [0.1, 0.15) is 44.7 Å². The first kappa shape index (κ1) is 11.8. The van der Waals surface area contributed by atoms with Crippen molar-refractivity contribution in [2.24, 2.45) is 0 Å². The molecule has 0 fully saturated rings. The molecule has 0 heterocycles. The standard InChI is InChI=1S/C13H19NO/c1-3-8-13(15)14-12(4-2)11-9-6-5-7-10-11/h5-7,9-10,12H,3-4,8H2,1-2H3,(H,14,15)/t12-/m0/s1. The highest BCUT2D eigenvalue weighted by molar-refractivity contribution is 5.76. The van der Waals surface area contributed by atoms with Crippen molar-refractivity contribution in [3.8, 4) is 0 Å². The quantitative estimate of drug-likeness (QED) is 0.786. The molecule has 0 saturated heterocycles. The van der Waals surface area contributed by atoms with Crippen molar-refractivity contribution < 1.29 is 4.79 Å². The molecule has 2 heteroatoms. The number of hydrogen-bond acceptors (Lipinski definition) is 1. The third kappa shape index (κ3) is 3.74. The Morgan fingerprint density at radius 2 is 1.93 bits per heavy atom. The van der Waals surface area contributed by atoms with Gasteiger partial charge in [-0.1, -0.05) is 44.2 Å². The summed E-state index contributed by atoms with van der Waals surface area (Å²) in [6.07, 6.45) is 2.44. The van der Waals surface area contributed by atoms with Crippen LogP contribution >= 0.6 is 0 Å². The van der Waals surface area contributed by atoms with Gasteiger partial charge in [-0.2, -0.15) is 0 Å². The van der Waals surface area contributed by atoms with Crippen LogP contribution in [0, 0.1) is 0 Å². The number of carbonyl (C=O) groups excluding carboxylic acids is 1. The van der Waals surface area contributed by atoms with E-state index >= 15 is 0 Å². The maximum atomic E-state index is 11.5. The fourth-order valence-corrected chi connectivity index (χ4v) is 1.60. The monoisotopic (exact) mass is 205 g/mol. The van der Waals surface area contributed by atoms with Crippen molar-refractivity contribution in [3.05, 3.63) is 35.9 Å². The molecule has 0 radical (unpaired) electrons. The second-order valence-electron chi connectivity index (χ2n) is 3.69. The van der Waals surface area contributed by atoms with Crippen LogP contribution in [0.5, 0.6) is 0 Å². The molecule has 0 aliphatic heterocycles. The lowest BCUT2D eigenvalue weighted by atomic mass is 10.0. The maximum Gasteiger partial charge on any atom is 0.220 e. The highest BCUT2D eigenvalue weighted by Gasteiger charge is 2.10. The van der Waals surface area contributed by atoms with Gasteiger partial charge in [0.25, 0.3) is 0 Å². The zero-order chi connectivity index (χ0) is 11.1. The first-order valence-corrected chi connectivity index (χ1v) is 5.62. The van der Waals surface area contributed by atoms with Gasteiger partial charge in [0.2, 0.25) is 5.91 Å². The van der Waals surface area contributed by atoms with Gasteiger partial charge in [-0.25, -0.2) is 0 Å². The van der Waals surface area contributed by atoms with E-state index in [4.69, 9.17) is 0 Å². The number of hydrogen-bond donors (Lipinski definition) is 1. The summed E-state index contributed by atoms with van der Waals surface area (Å²) < 4.78 is 0. The Kier molecular flexibility index (Phi) is 4.88. The molecule has 15 heavy (non-hydrogen) atoms. The van der Waals surface area contributed by atoms with Crippen LogP contribution in [0.25, 0.3) is 0 Å². The minimum atomic E-state index is 0.146. The molecule has 1 amide bonds. The van der Waals surface area contributed by atoms with E-state index in [0.717, 1.165) is 12.8 Å². The molecular weight excluding hydrogens is 186 g/mol. The summed E-state index contributed by atoms with van der Waals surface area (Å²) in [5.41, 5.74) is 1.18. The zero-order valence-electron chi connectivity index (χ0n) is 9.49. The Balaban J connectivity index is 2.61. The van der Waals surface area contributed by atoms with Crippen LogP contribution < -0.4 is 5.32 Å². The summed E-state index contributed by atoms with van der Waals surface area (Å²) in [6.45, 7) is 4.10. The van der Waals surface area contributed by atoms with Gasteiger partial charge in [0, 0.05) is 6.42 Å². The summed E-state index contributed by atoms with van der Waals surface area (Å²) in [6, 6.07) is 10.3. The fourth-order valence-electron chi connectivity index (χ4n) is 1.60. The van der Waals surface area contributed by atoms with Gasteiger partial charge in [0.05, 0.1) is 6.04 Å². The smallest absolute Gasteiger partial charge is 0.220 e. The van der Waals surface area contributed by atoms with Gasteiger partial charge in [0.15, 0.2) is 0 Å². The number of nitrogens with one attached hydrogen (secondary N) is 1. The molecule has 0 spiro atoms. The third-order valence-electron chi connectivity index (χ3n) is 2.42. The second kappa shape index (κ2) is 6.23. The zero-order valence-corrected chi connectivity index (χ0v) is 9.49. The number of rotatable bonds is 5. The molecular formula is C13H19NO. The lowest BCUT2D eigenvalue weighted by Gasteiger charge is -2.17. The van der Waals surface area contributed by atoms with E-state index in [0.29, 0.717) is 6.42 Å². The lowest BCUT2D eigenvalue weighted by molar-refractivity contribution is -0.121. The van der Waals surface area contributed by atoms with E-state index < -0.39 is 0 Å². The van der Waals surface area contributed by atoms with Gasteiger partial charge in [-0.05, 0) is 18.4 Å². The van der Waals surface area contributed by atoms with Gasteiger partial charge in [-0.15, -0.1) is 0 Å². The SMILES string of the molecule is CCCC(=O)N[C@@H](CC)c1ccccc1. The van der Waals surface area contributed by atoms with E-state index in [9.17, 15) is 4.79 Å². The molecule has 1 aromatic carbocycles. The van der Waals surface area contributed by atoms with Crippen LogP contribution in [-0.4, -0.2) is 5.91 Å². The Hall–Kier alpha value is -1.31. The van der Waals surface area contributed by atoms with Gasteiger partial charge in [0.1, 0.15) is 0 Å². The van der Waals surface area contributed by atoms with E-state index in [-0.39, 0.29) is 11.9 Å². The largest absolute Gasteiger partial charge is 0.349 e. The molecule has 1 aromatic rings. The van der Waals surface area contributed by atoms with Crippen molar-refractivity contribution in [1.82, 2.24) is 5.32 Å². The third-order valence-corrected chi connectivity index (χ3v) is 2.42. The van der Waals surface area contributed by atoms with Crippen LogP contribution in [0.4, 0.5) is 0 Å². The van der Waals surface area contributed by atoms with Crippen molar-refractivity contribution in [3.63, 3.8) is 0 Å². The molecule has 0 aliphatic carbocycles. The predicted molar refractivity (Wildman–Crippen MR) is 62.5 cm³/mol. The Morgan fingerprint density at radius 1 is 1.27 bits per heavy atom. The minimum Gasteiger partial charge on any atom is -0.349 e. The van der Waals surface area contributed by atoms with E-state index in [1.807, 2.05) is 25.1 Å². The number of amides is 1. The molecule has 0 aromatic heterocycles. The molecule has 1 rings (SSSR count). The van der Waals surface area contributed by atoms with Gasteiger partial charge < -0.3 is 5.32 Å². The second-order valence-corrected chi connectivity index (χ2v) is 3.69. The van der Waals surface area contributed by atoms with Crippen LogP contribution in [0.3, 0.4) is 0 Å². The molecule has 2 nitrogen and oxygen atoms in total. The average Bonchev–Trinajstić information content (AvgIpc) is 2.27. The molecule has 0 saturated carbocycles. The molecule has 0 bridgehead atoms. The van der Waals surface area contributed by atoms with E-state index in [1.54, 1.807) is 0 Å². The van der Waals surface area contributed by atoms with Crippen molar-refractivity contribution >= 4 is 5.91 Å². The Bertz CT molecular complexity index is 295. The normalized spacial score (nSPS) is 12.1. The first-order valence-electron chi connectivity index (χ1n) is 5.62. The van der Waals surface area contributed by atoms with E-state index in [2.05, 4.69) is 24.4 Å². The average molecular weight is 205 g/mol. The van der Waals surface area contributed by atoms with E-state index in [1.165, 1.54) is 5.56 Å². The number of benzene rings is 1. The van der Waals surface area contributed by atoms with Gasteiger partial charge >= 0.3 is 0 Å². The molecule has 0 aliphatic rings. The fraction of sp³-hybridized carbons (Fsp3) is 0.462. The van der Waals surface area contributed by atoms with Crippen LogP contribution in [-0.2, 0) is 4.79 Å².